The van der Waals surface area contributed by atoms with E-state index in [1.165, 1.54) is 11.3 Å². The highest BCUT2D eigenvalue weighted by molar-refractivity contribution is 8.07. The normalized spacial score (nSPS) is 19.5. The van der Waals surface area contributed by atoms with Gasteiger partial charge in [0.05, 0.1) is 12.4 Å². The van der Waals surface area contributed by atoms with Gasteiger partial charge in [0.25, 0.3) is 0 Å². The molecule has 4 heteroatoms. The Balaban J connectivity index is 1.80. The zero-order valence-electron chi connectivity index (χ0n) is 10.6. The molecule has 2 nitrogen and oxygen atoms in total. The van der Waals surface area contributed by atoms with E-state index in [-0.39, 0.29) is 5.25 Å². The van der Waals surface area contributed by atoms with Crippen molar-refractivity contribution in [1.29, 1.82) is 0 Å². The van der Waals surface area contributed by atoms with Crippen LogP contribution in [-0.2, 0) is 11.2 Å². The molecule has 1 unspecified atom stereocenters. The van der Waals surface area contributed by atoms with E-state index in [4.69, 9.17) is 4.74 Å². The summed E-state index contributed by atoms with van der Waals surface area (Å²) in [5.74, 6) is 4.56. The number of benzene rings is 1. The zero-order valence-corrected chi connectivity index (χ0v) is 12.2. The van der Waals surface area contributed by atoms with Crippen LogP contribution in [0.4, 0.5) is 0 Å². The SMILES string of the molecule is COc1ccc(CCC(=O)C2CSCCS2)cc1. The lowest BCUT2D eigenvalue weighted by atomic mass is 10.1. The first-order chi connectivity index (χ1) is 8.79. The van der Waals surface area contributed by atoms with Crippen LogP contribution in [0.15, 0.2) is 24.3 Å². The van der Waals surface area contributed by atoms with Gasteiger partial charge >= 0.3 is 0 Å². The Morgan fingerprint density at radius 1 is 1.33 bits per heavy atom. The summed E-state index contributed by atoms with van der Waals surface area (Å²) in [7, 11) is 1.66. The minimum atomic E-state index is 0.224. The molecule has 18 heavy (non-hydrogen) atoms. The van der Waals surface area contributed by atoms with E-state index in [9.17, 15) is 4.79 Å². The lowest BCUT2D eigenvalue weighted by molar-refractivity contribution is -0.118. The average Bonchev–Trinajstić information content (AvgIpc) is 2.46. The van der Waals surface area contributed by atoms with Crippen LogP contribution < -0.4 is 4.74 Å². The number of hydrogen-bond donors (Lipinski definition) is 0. The van der Waals surface area contributed by atoms with Gasteiger partial charge in [0.15, 0.2) is 0 Å². The Morgan fingerprint density at radius 2 is 2.11 bits per heavy atom. The second-order valence-electron chi connectivity index (χ2n) is 4.25. The predicted molar refractivity (Wildman–Crippen MR) is 79.9 cm³/mol. The predicted octanol–water partition coefficient (Wildman–Crippen LogP) is 3.05. The van der Waals surface area contributed by atoms with Crippen molar-refractivity contribution >= 4 is 29.3 Å². The van der Waals surface area contributed by atoms with Gasteiger partial charge in [0.1, 0.15) is 11.5 Å². The molecule has 0 spiro atoms. The van der Waals surface area contributed by atoms with Crippen molar-refractivity contribution in [2.45, 2.75) is 18.1 Å². The van der Waals surface area contributed by atoms with E-state index in [1.807, 2.05) is 47.8 Å². The first kappa shape index (κ1) is 13.8. The summed E-state index contributed by atoms with van der Waals surface area (Å²) in [6, 6.07) is 7.97. The molecule has 0 radical (unpaired) electrons. The molecule has 0 bridgehead atoms. The molecule has 0 saturated carbocycles. The number of carbonyl (C=O) groups excluding carboxylic acids is 1. The van der Waals surface area contributed by atoms with Crippen molar-refractivity contribution in [3.05, 3.63) is 29.8 Å². The highest BCUT2D eigenvalue weighted by atomic mass is 32.2. The molecule has 1 aromatic rings. The average molecular weight is 282 g/mol. The molecule has 1 aliphatic rings. The van der Waals surface area contributed by atoms with Crippen LogP contribution >= 0.6 is 23.5 Å². The molecule has 0 aliphatic carbocycles. The van der Waals surface area contributed by atoms with Gasteiger partial charge in [-0.1, -0.05) is 12.1 Å². The standard InChI is InChI=1S/C14H18O2S2/c1-16-12-5-2-11(3-6-12)4-7-13(15)14-10-17-8-9-18-14/h2-3,5-6,14H,4,7-10H2,1H3. The lowest BCUT2D eigenvalue weighted by Gasteiger charge is -2.19. The number of aryl methyl sites for hydroxylation is 1. The monoisotopic (exact) mass is 282 g/mol. The van der Waals surface area contributed by atoms with Gasteiger partial charge in [-0.2, -0.15) is 11.8 Å². The quantitative estimate of drug-likeness (QED) is 0.829. The third-order valence-electron chi connectivity index (χ3n) is 2.99. The summed E-state index contributed by atoms with van der Waals surface area (Å²) < 4.78 is 5.12. The number of methoxy groups -OCH3 is 1. The van der Waals surface area contributed by atoms with Crippen molar-refractivity contribution in [1.82, 2.24) is 0 Å². The second-order valence-corrected chi connectivity index (χ2v) is 6.71. The van der Waals surface area contributed by atoms with E-state index in [2.05, 4.69) is 0 Å². The number of hydrogen-bond acceptors (Lipinski definition) is 4. The Bertz CT molecular complexity index is 383. The Hall–Kier alpha value is -0.610. The fourth-order valence-corrected chi connectivity index (χ4v) is 4.58. The number of ether oxygens (including phenoxy) is 1. The minimum Gasteiger partial charge on any atom is -0.497 e. The van der Waals surface area contributed by atoms with Crippen LogP contribution in [0.2, 0.25) is 0 Å². The number of carbonyl (C=O) groups is 1. The number of rotatable bonds is 5. The molecule has 1 fully saturated rings. The molecule has 2 rings (SSSR count). The Kier molecular flexibility index (Phi) is 5.45. The summed E-state index contributed by atoms with van der Waals surface area (Å²) in [5.41, 5.74) is 1.21. The number of ketones is 1. The molecule has 1 saturated heterocycles. The maximum Gasteiger partial charge on any atom is 0.146 e. The molecule has 1 aromatic carbocycles. The fourth-order valence-electron chi connectivity index (χ4n) is 1.89. The lowest BCUT2D eigenvalue weighted by Crippen LogP contribution is -2.24. The van der Waals surface area contributed by atoms with E-state index in [0.717, 1.165) is 23.7 Å². The molecule has 0 aromatic heterocycles. The van der Waals surface area contributed by atoms with Crippen molar-refractivity contribution < 1.29 is 9.53 Å². The summed E-state index contributed by atoms with van der Waals surface area (Å²) >= 11 is 3.72. The van der Waals surface area contributed by atoms with E-state index < -0.39 is 0 Å². The maximum atomic E-state index is 12.0. The molecule has 1 aliphatic heterocycles. The van der Waals surface area contributed by atoms with E-state index in [1.54, 1.807) is 7.11 Å². The maximum absolute atomic E-state index is 12.0. The van der Waals surface area contributed by atoms with E-state index >= 15 is 0 Å². The van der Waals surface area contributed by atoms with Crippen LogP contribution in [0.1, 0.15) is 12.0 Å². The van der Waals surface area contributed by atoms with Gasteiger partial charge in [0.2, 0.25) is 0 Å². The van der Waals surface area contributed by atoms with Crippen LogP contribution in [0.3, 0.4) is 0 Å². The first-order valence-corrected chi connectivity index (χ1v) is 8.35. The molecular formula is C14H18O2S2. The van der Waals surface area contributed by atoms with Gasteiger partial charge in [-0.05, 0) is 24.1 Å². The van der Waals surface area contributed by atoms with Crippen molar-refractivity contribution in [3.8, 4) is 5.75 Å². The largest absolute Gasteiger partial charge is 0.497 e. The van der Waals surface area contributed by atoms with Crippen molar-refractivity contribution in [3.63, 3.8) is 0 Å². The van der Waals surface area contributed by atoms with Gasteiger partial charge in [-0.25, -0.2) is 0 Å². The molecule has 1 heterocycles. The van der Waals surface area contributed by atoms with Crippen molar-refractivity contribution in [2.75, 3.05) is 24.4 Å². The molecule has 98 valence electrons. The third-order valence-corrected chi connectivity index (χ3v) is 5.80. The summed E-state index contributed by atoms with van der Waals surface area (Å²) in [5, 5.41) is 0.224. The van der Waals surface area contributed by atoms with Crippen LogP contribution in [-0.4, -0.2) is 35.4 Å². The zero-order chi connectivity index (χ0) is 12.8. The number of Topliss-reactive ketones (excluding diaryl/α,β-unsaturated/α-hetero) is 1. The molecular weight excluding hydrogens is 264 g/mol. The smallest absolute Gasteiger partial charge is 0.146 e. The number of thioether (sulfide) groups is 2. The Labute approximate surface area is 117 Å². The van der Waals surface area contributed by atoms with Crippen LogP contribution in [0.5, 0.6) is 5.75 Å². The third kappa shape index (κ3) is 3.95. The molecule has 0 N–H and O–H groups in total. The van der Waals surface area contributed by atoms with Crippen molar-refractivity contribution in [2.24, 2.45) is 0 Å². The second kappa shape index (κ2) is 7.10. The Morgan fingerprint density at radius 3 is 2.72 bits per heavy atom. The van der Waals surface area contributed by atoms with Crippen LogP contribution in [0.25, 0.3) is 0 Å². The summed E-state index contributed by atoms with van der Waals surface area (Å²) in [6.07, 6.45) is 1.50. The summed E-state index contributed by atoms with van der Waals surface area (Å²) in [4.78, 5) is 12.0. The van der Waals surface area contributed by atoms with Gasteiger partial charge in [-0.15, -0.1) is 11.8 Å². The fraction of sp³-hybridized carbons (Fsp3) is 0.500. The topological polar surface area (TPSA) is 26.3 Å². The highest BCUT2D eigenvalue weighted by Gasteiger charge is 2.21. The summed E-state index contributed by atoms with van der Waals surface area (Å²) in [6.45, 7) is 0. The molecule has 0 amide bonds. The minimum absolute atomic E-state index is 0.224. The van der Waals surface area contributed by atoms with E-state index in [0.29, 0.717) is 12.2 Å². The van der Waals surface area contributed by atoms with Gasteiger partial charge in [0, 0.05) is 23.7 Å². The highest BCUT2D eigenvalue weighted by Crippen LogP contribution is 2.25. The van der Waals surface area contributed by atoms with Gasteiger partial charge < -0.3 is 4.74 Å². The molecule has 1 atom stereocenters. The van der Waals surface area contributed by atoms with Gasteiger partial charge in [-0.3, -0.25) is 4.79 Å². The first-order valence-electron chi connectivity index (χ1n) is 6.14. The van der Waals surface area contributed by atoms with Crippen LogP contribution in [0, 0.1) is 0 Å².